The first-order valence-corrected chi connectivity index (χ1v) is 6.47. The number of imidazole rings is 1. The maximum atomic E-state index is 5.44. The molecule has 1 heterocycles. The number of hydrogen-bond donors (Lipinski definition) is 1. The second kappa shape index (κ2) is 7.54. The zero-order chi connectivity index (χ0) is 13.4. The molecule has 0 aliphatic carbocycles. The predicted molar refractivity (Wildman–Crippen MR) is 79.2 cm³/mol. The van der Waals surface area contributed by atoms with E-state index in [0.717, 1.165) is 29.0 Å². The van der Waals surface area contributed by atoms with Crippen LogP contribution in [0.3, 0.4) is 0 Å². The van der Waals surface area contributed by atoms with Crippen LogP contribution in [0.15, 0.2) is 30.9 Å². The van der Waals surface area contributed by atoms with Crippen LogP contribution in [0.25, 0.3) is 11.0 Å². The van der Waals surface area contributed by atoms with Crippen molar-refractivity contribution < 1.29 is 6.16 Å². The SMILES string of the molecule is C=CCOc1ccc2nc(CC)[nH]c2c1.CCC.[HH]. The standard InChI is InChI=1S/C12H14N2O.C3H8.H2/c1-3-7-15-9-5-6-10-11(8-9)14-12(4-2)13-10;1-3-2;/h3,5-6,8H,1,4,7H2,2H3,(H,13,14);3H2,1-2H3;1H. The molecule has 3 nitrogen and oxygen atoms in total. The molecule has 0 atom stereocenters. The van der Waals surface area contributed by atoms with Gasteiger partial charge < -0.3 is 9.72 Å². The largest absolute Gasteiger partial charge is 0.489 e. The highest BCUT2D eigenvalue weighted by molar-refractivity contribution is 5.76. The van der Waals surface area contributed by atoms with Crippen LogP contribution in [0.1, 0.15) is 34.4 Å². The molecule has 0 amide bonds. The van der Waals surface area contributed by atoms with Crippen LogP contribution in [0.5, 0.6) is 5.75 Å². The smallest absolute Gasteiger partial charge is 0.122 e. The van der Waals surface area contributed by atoms with Gasteiger partial charge in [0.05, 0.1) is 11.0 Å². The fourth-order valence-electron chi connectivity index (χ4n) is 1.45. The van der Waals surface area contributed by atoms with Gasteiger partial charge in [0.2, 0.25) is 0 Å². The van der Waals surface area contributed by atoms with Crippen LogP contribution < -0.4 is 4.74 Å². The summed E-state index contributed by atoms with van der Waals surface area (Å²) in [4.78, 5) is 7.67. The summed E-state index contributed by atoms with van der Waals surface area (Å²) in [7, 11) is 0. The Morgan fingerprint density at radius 2 is 2.11 bits per heavy atom. The Balaban J connectivity index is 0.000000742. The zero-order valence-electron chi connectivity index (χ0n) is 11.5. The molecule has 0 aliphatic rings. The van der Waals surface area contributed by atoms with Crippen molar-refractivity contribution in [1.29, 1.82) is 0 Å². The Labute approximate surface area is 110 Å². The zero-order valence-corrected chi connectivity index (χ0v) is 11.5. The number of ether oxygens (including phenoxy) is 1. The average molecular weight is 248 g/mol. The van der Waals surface area contributed by atoms with Gasteiger partial charge in [-0.15, -0.1) is 0 Å². The third kappa shape index (κ3) is 3.91. The first-order chi connectivity index (χ1) is 8.74. The number of H-pyrrole nitrogens is 1. The Hall–Kier alpha value is -1.77. The van der Waals surface area contributed by atoms with Gasteiger partial charge >= 0.3 is 0 Å². The van der Waals surface area contributed by atoms with Gasteiger partial charge in [-0.1, -0.05) is 39.8 Å². The lowest BCUT2D eigenvalue weighted by Crippen LogP contribution is -1.91. The summed E-state index contributed by atoms with van der Waals surface area (Å²) >= 11 is 0. The number of hydrogen-bond acceptors (Lipinski definition) is 2. The molecule has 0 saturated heterocycles. The van der Waals surface area contributed by atoms with Crippen molar-refractivity contribution >= 4 is 11.0 Å². The number of nitrogens with one attached hydrogen (secondary N) is 1. The molecule has 2 aromatic rings. The summed E-state index contributed by atoms with van der Waals surface area (Å²) in [6, 6.07) is 5.85. The third-order valence-electron chi connectivity index (χ3n) is 2.21. The maximum Gasteiger partial charge on any atom is 0.122 e. The molecule has 100 valence electrons. The van der Waals surface area contributed by atoms with E-state index in [1.807, 2.05) is 18.2 Å². The van der Waals surface area contributed by atoms with Gasteiger partial charge in [-0.25, -0.2) is 4.98 Å². The fraction of sp³-hybridized carbons (Fsp3) is 0.400. The number of benzene rings is 1. The van der Waals surface area contributed by atoms with Crippen LogP contribution in [-0.2, 0) is 6.42 Å². The molecule has 0 radical (unpaired) electrons. The van der Waals surface area contributed by atoms with Gasteiger partial charge in [0.15, 0.2) is 0 Å². The molecule has 1 aromatic heterocycles. The van der Waals surface area contributed by atoms with E-state index in [2.05, 4.69) is 37.3 Å². The second-order valence-electron chi connectivity index (χ2n) is 4.02. The van der Waals surface area contributed by atoms with E-state index in [1.54, 1.807) is 6.08 Å². The molecule has 0 saturated carbocycles. The van der Waals surface area contributed by atoms with Crippen molar-refractivity contribution in [2.75, 3.05) is 6.61 Å². The van der Waals surface area contributed by atoms with Crippen molar-refractivity contribution in [3.05, 3.63) is 36.7 Å². The fourth-order valence-corrected chi connectivity index (χ4v) is 1.45. The van der Waals surface area contributed by atoms with Crippen molar-refractivity contribution in [2.24, 2.45) is 0 Å². The highest BCUT2D eigenvalue weighted by Crippen LogP contribution is 2.19. The summed E-state index contributed by atoms with van der Waals surface area (Å²) in [5.41, 5.74) is 2.01. The third-order valence-corrected chi connectivity index (χ3v) is 2.21. The number of nitrogens with zero attached hydrogens (tertiary/aromatic N) is 1. The van der Waals surface area contributed by atoms with Gasteiger partial charge in [-0.3, -0.25) is 0 Å². The summed E-state index contributed by atoms with van der Waals surface area (Å²) < 4.78 is 5.44. The van der Waals surface area contributed by atoms with Crippen LogP contribution in [0.2, 0.25) is 0 Å². The molecule has 1 aromatic carbocycles. The lowest BCUT2D eigenvalue weighted by atomic mass is 10.3. The minimum Gasteiger partial charge on any atom is -0.489 e. The van der Waals surface area contributed by atoms with Crippen molar-refractivity contribution in [3.63, 3.8) is 0 Å². The Kier molecular flexibility index (Phi) is 5.98. The Morgan fingerprint density at radius 3 is 2.72 bits per heavy atom. The topological polar surface area (TPSA) is 37.9 Å². The molecule has 0 fully saturated rings. The first-order valence-electron chi connectivity index (χ1n) is 6.47. The van der Waals surface area contributed by atoms with E-state index < -0.39 is 0 Å². The van der Waals surface area contributed by atoms with E-state index in [1.165, 1.54) is 6.42 Å². The van der Waals surface area contributed by atoms with E-state index >= 15 is 0 Å². The number of aromatic nitrogens is 2. The van der Waals surface area contributed by atoms with E-state index in [4.69, 9.17) is 4.74 Å². The molecule has 0 bridgehead atoms. The Morgan fingerprint density at radius 1 is 1.39 bits per heavy atom. The number of aromatic amines is 1. The van der Waals surface area contributed by atoms with Crippen LogP contribution in [0, 0.1) is 0 Å². The van der Waals surface area contributed by atoms with Crippen molar-refractivity contribution in [2.45, 2.75) is 33.6 Å². The van der Waals surface area contributed by atoms with Crippen LogP contribution in [-0.4, -0.2) is 16.6 Å². The number of fused-ring (bicyclic) bond motifs is 1. The molecule has 0 spiro atoms. The molecule has 1 N–H and O–H groups in total. The highest BCUT2D eigenvalue weighted by Gasteiger charge is 2.02. The normalized spacial score (nSPS) is 9.72. The molecular formula is C15H24N2O. The van der Waals surface area contributed by atoms with Crippen LogP contribution in [0.4, 0.5) is 0 Å². The monoisotopic (exact) mass is 248 g/mol. The molecule has 0 unspecified atom stereocenters. The van der Waals surface area contributed by atoms with E-state index in [-0.39, 0.29) is 1.43 Å². The van der Waals surface area contributed by atoms with Crippen molar-refractivity contribution in [1.82, 2.24) is 9.97 Å². The average Bonchev–Trinajstić information content (AvgIpc) is 2.79. The lowest BCUT2D eigenvalue weighted by Gasteiger charge is -2.01. The summed E-state index contributed by atoms with van der Waals surface area (Å²) in [6.07, 6.45) is 3.89. The number of rotatable bonds is 4. The van der Waals surface area contributed by atoms with Crippen molar-refractivity contribution in [3.8, 4) is 5.75 Å². The van der Waals surface area contributed by atoms with Crippen LogP contribution >= 0.6 is 0 Å². The second-order valence-corrected chi connectivity index (χ2v) is 4.02. The Bertz CT molecular complexity index is 494. The quantitative estimate of drug-likeness (QED) is 0.817. The maximum absolute atomic E-state index is 5.44. The molecular weight excluding hydrogens is 224 g/mol. The van der Waals surface area contributed by atoms with Gasteiger partial charge in [-0.2, -0.15) is 0 Å². The van der Waals surface area contributed by atoms with E-state index in [0.29, 0.717) is 6.61 Å². The first kappa shape index (κ1) is 14.3. The molecule has 3 heteroatoms. The lowest BCUT2D eigenvalue weighted by molar-refractivity contribution is 0.363. The van der Waals surface area contributed by atoms with E-state index in [9.17, 15) is 0 Å². The van der Waals surface area contributed by atoms with Gasteiger partial charge in [0.25, 0.3) is 0 Å². The van der Waals surface area contributed by atoms with Gasteiger partial charge in [0.1, 0.15) is 18.2 Å². The summed E-state index contributed by atoms with van der Waals surface area (Å²) in [5.74, 6) is 1.85. The molecule has 18 heavy (non-hydrogen) atoms. The minimum absolute atomic E-state index is 0. The summed E-state index contributed by atoms with van der Waals surface area (Å²) in [5, 5.41) is 0. The van der Waals surface area contributed by atoms with Gasteiger partial charge in [0, 0.05) is 13.9 Å². The number of aryl methyl sites for hydroxylation is 1. The van der Waals surface area contributed by atoms with Gasteiger partial charge in [-0.05, 0) is 12.1 Å². The molecule has 0 aliphatic heterocycles. The molecule has 2 rings (SSSR count). The summed E-state index contributed by atoms with van der Waals surface area (Å²) in [6.45, 7) is 10.5. The minimum atomic E-state index is 0. The predicted octanol–water partition coefficient (Wildman–Crippen LogP) is 4.35. The highest BCUT2D eigenvalue weighted by atomic mass is 16.5.